The first-order valence-corrected chi connectivity index (χ1v) is 12.0. The second-order valence-corrected chi connectivity index (χ2v) is 9.28. The summed E-state index contributed by atoms with van der Waals surface area (Å²) in [6.07, 6.45) is 4.65. The Labute approximate surface area is 193 Å². The van der Waals surface area contributed by atoms with E-state index >= 15 is 0 Å². The van der Waals surface area contributed by atoms with E-state index in [4.69, 9.17) is 4.74 Å². The van der Waals surface area contributed by atoms with Crippen LogP contribution in [0.1, 0.15) is 27.2 Å². The molecule has 168 valence electrons. The lowest BCUT2D eigenvalue weighted by Gasteiger charge is -2.34. The number of benzene rings is 1. The number of thioether (sulfide) groups is 1. The lowest BCUT2D eigenvalue weighted by molar-refractivity contribution is -0.130. The number of nitrogens with zero attached hydrogens (tertiary/aromatic N) is 5. The molecule has 3 aromatic rings. The van der Waals surface area contributed by atoms with Crippen molar-refractivity contribution in [1.82, 2.24) is 24.6 Å². The molecule has 2 aromatic heterocycles. The van der Waals surface area contributed by atoms with Crippen LogP contribution in [0.2, 0.25) is 0 Å². The maximum atomic E-state index is 12.9. The van der Waals surface area contributed by atoms with Gasteiger partial charge in [-0.1, -0.05) is 25.6 Å². The van der Waals surface area contributed by atoms with Crippen LogP contribution in [0.3, 0.4) is 0 Å². The normalized spacial score (nSPS) is 18.5. The summed E-state index contributed by atoms with van der Waals surface area (Å²) in [4.78, 5) is 19.0. The van der Waals surface area contributed by atoms with E-state index in [9.17, 15) is 4.79 Å². The van der Waals surface area contributed by atoms with Gasteiger partial charge in [-0.3, -0.25) is 14.3 Å². The summed E-state index contributed by atoms with van der Waals surface area (Å²) in [5, 5.41) is 9.56. The van der Waals surface area contributed by atoms with E-state index in [2.05, 4.69) is 29.0 Å². The number of pyridine rings is 1. The fourth-order valence-electron chi connectivity index (χ4n) is 4.23. The summed E-state index contributed by atoms with van der Waals surface area (Å²) in [6.45, 7) is 8.67. The lowest BCUT2D eigenvalue weighted by atomic mass is 9.92. The molecule has 2 unspecified atom stereocenters. The molecule has 1 fully saturated rings. The van der Waals surface area contributed by atoms with Gasteiger partial charge >= 0.3 is 0 Å². The largest absolute Gasteiger partial charge is 0.494 e. The molecular formula is C24H29N5O2S. The standard InChI is InChI=1S/C24H29N5O2S/c1-4-31-21-7-5-20(6-8-21)29-23(19-9-11-25-12-10-19)26-27-24(29)32-16-22(30)28-14-17(2)13-18(3)15-28/h5-12,17-18H,4,13-16H2,1-3H3. The zero-order valence-electron chi connectivity index (χ0n) is 18.8. The van der Waals surface area contributed by atoms with Gasteiger partial charge < -0.3 is 9.64 Å². The third kappa shape index (κ3) is 5.12. The van der Waals surface area contributed by atoms with E-state index in [1.54, 1.807) is 12.4 Å². The number of aromatic nitrogens is 4. The van der Waals surface area contributed by atoms with Gasteiger partial charge in [-0.15, -0.1) is 10.2 Å². The van der Waals surface area contributed by atoms with Crippen molar-refractivity contribution >= 4 is 17.7 Å². The topological polar surface area (TPSA) is 73.1 Å². The van der Waals surface area contributed by atoms with Crippen molar-refractivity contribution in [1.29, 1.82) is 0 Å². The van der Waals surface area contributed by atoms with Crippen LogP contribution in [-0.4, -0.2) is 56.0 Å². The molecule has 1 aromatic carbocycles. The SMILES string of the molecule is CCOc1ccc(-n2c(SCC(=O)N3CC(C)CC(C)C3)nnc2-c2ccncc2)cc1. The fraction of sp³-hybridized carbons (Fsp3) is 0.417. The van der Waals surface area contributed by atoms with E-state index < -0.39 is 0 Å². The van der Waals surface area contributed by atoms with Crippen molar-refractivity contribution in [2.75, 3.05) is 25.4 Å². The molecule has 1 saturated heterocycles. The Hall–Kier alpha value is -2.87. The number of rotatable bonds is 7. The van der Waals surface area contributed by atoms with Gasteiger partial charge in [0.25, 0.3) is 0 Å². The average Bonchev–Trinajstić information content (AvgIpc) is 3.22. The molecule has 1 amide bonds. The summed E-state index contributed by atoms with van der Waals surface area (Å²) >= 11 is 1.43. The molecule has 0 bridgehead atoms. The van der Waals surface area contributed by atoms with Crippen LogP contribution in [0.15, 0.2) is 53.9 Å². The number of piperidine rings is 1. The second-order valence-electron chi connectivity index (χ2n) is 8.34. The molecule has 0 saturated carbocycles. The number of likely N-dealkylation sites (tertiary alicyclic amines) is 1. The van der Waals surface area contributed by atoms with Gasteiger partial charge in [0.15, 0.2) is 11.0 Å². The number of hydrogen-bond donors (Lipinski definition) is 0. The molecule has 7 nitrogen and oxygen atoms in total. The average molecular weight is 452 g/mol. The molecule has 0 N–H and O–H groups in total. The minimum Gasteiger partial charge on any atom is -0.494 e. The van der Waals surface area contributed by atoms with Crippen molar-refractivity contribution in [2.45, 2.75) is 32.3 Å². The second kappa shape index (κ2) is 10.2. The quantitative estimate of drug-likeness (QED) is 0.498. The van der Waals surface area contributed by atoms with Crippen LogP contribution in [0.25, 0.3) is 17.1 Å². The Morgan fingerprint density at radius 2 is 1.75 bits per heavy atom. The molecule has 32 heavy (non-hydrogen) atoms. The van der Waals surface area contributed by atoms with Gasteiger partial charge in [-0.25, -0.2) is 0 Å². The molecule has 1 aliphatic rings. The minimum absolute atomic E-state index is 0.153. The lowest BCUT2D eigenvalue weighted by Crippen LogP contribution is -2.43. The maximum absolute atomic E-state index is 12.9. The predicted molar refractivity (Wildman–Crippen MR) is 126 cm³/mol. The molecule has 0 aliphatic carbocycles. The zero-order valence-corrected chi connectivity index (χ0v) is 19.6. The van der Waals surface area contributed by atoms with Crippen molar-refractivity contribution in [2.24, 2.45) is 11.8 Å². The Bertz CT molecular complexity index is 1030. The molecule has 3 heterocycles. The summed E-state index contributed by atoms with van der Waals surface area (Å²) in [5.41, 5.74) is 1.83. The highest BCUT2D eigenvalue weighted by molar-refractivity contribution is 7.99. The molecule has 2 atom stereocenters. The number of carbonyl (C=O) groups is 1. The molecule has 1 aliphatic heterocycles. The third-order valence-corrected chi connectivity index (χ3v) is 6.44. The summed E-state index contributed by atoms with van der Waals surface area (Å²) in [7, 11) is 0. The van der Waals surface area contributed by atoms with E-state index in [1.165, 1.54) is 18.2 Å². The number of ether oxygens (including phenoxy) is 1. The Morgan fingerprint density at radius 3 is 2.41 bits per heavy atom. The van der Waals surface area contributed by atoms with Gasteiger partial charge in [0.2, 0.25) is 5.91 Å². The van der Waals surface area contributed by atoms with Crippen LogP contribution < -0.4 is 4.74 Å². The predicted octanol–water partition coefficient (Wildman–Crippen LogP) is 4.32. The highest BCUT2D eigenvalue weighted by Crippen LogP contribution is 2.29. The van der Waals surface area contributed by atoms with E-state index in [0.717, 1.165) is 30.1 Å². The maximum Gasteiger partial charge on any atom is 0.233 e. The van der Waals surface area contributed by atoms with Crippen molar-refractivity contribution in [3.63, 3.8) is 0 Å². The first kappa shape index (κ1) is 22.3. The molecular weight excluding hydrogens is 422 g/mol. The smallest absolute Gasteiger partial charge is 0.233 e. The van der Waals surface area contributed by atoms with Gasteiger partial charge in [0, 0.05) is 36.7 Å². The van der Waals surface area contributed by atoms with Crippen LogP contribution in [0.4, 0.5) is 0 Å². The van der Waals surface area contributed by atoms with Crippen molar-refractivity contribution in [3.8, 4) is 22.8 Å². The van der Waals surface area contributed by atoms with Crippen molar-refractivity contribution in [3.05, 3.63) is 48.8 Å². The number of hydrogen-bond acceptors (Lipinski definition) is 6. The first-order valence-electron chi connectivity index (χ1n) is 11.0. The summed E-state index contributed by atoms with van der Waals surface area (Å²) < 4.78 is 7.57. The van der Waals surface area contributed by atoms with Crippen LogP contribution >= 0.6 is 11.8 Å². The Morgan fingerprint density at radius 1 is 1.06 bits per heavy atom. The number of carbonyl (C=O) groups excluding carboxylic acids is 1. The number of amides is 1. The highest BCUT2D eigenvalue weighted by atomic mass is 32.2. The molecule has 0 radical (unpaired) electrons. The van der Waals surface area contributed by atoms with Gasteiger partial charge in [0.05, 0.1) is 12.4 Å². The van der Waals surface area contributed by atoms with Crippen LogP contribution in [0, 0.1) is 11.8 Å². The Balaban J connectivity index is 1.59. The zero-order chi connectivity index (χ0) is 22.5. The third-order valence-electron chi connectivity index (χ3n) is 5.52. The van der Waals surface area contributed by atoms with E-state index in [-0.39, 0.29) is 5.91 Å². The van der Waals surface area contributed by atoms with E-state index in [1.807, 2.05) is 52.8 Å². The van der Waals surface area contributed by atoms with Crippen LogP contribution in [-0.2, 0) is 4.79 Å². The van der Waals surface area contributed by atoms with Gasteiger partial charge in [0.1, 0.15) is 5.75 Å². The monoisotopic (exact) mass is 451 g/mol. The highest BCUT2D eigenvalue weighted by Gasteiger charge is 2.26. The summed E-state index contributed by atoms with van der Waals surface area (Å²) in [6, 6.07) is 11.7. The molecule has 0 spiro atoms. The fourth-order valence-corrected chi connectivity index (χ4v) is 5.08. The van der Waals surface area contributed by atoms with E-state index in [0.29, 0.717) is 35.2 Å². The van der Waals surface area contributed by atoms with Gasteiger partial charge in [-0.2, -0.15) is 0 Å². The first-order chi connectivity index (χ1) is 15.5. The molecule has 8 heteroatoms. The van der Waals surface area contributed by atoms with Crippen LogP contribution in [0.5, 0.6) is 5.75 Å². The summed E-state index contributed by atoms with van der Waals surface area (Å²) in [5.74, 6) is 3.10. The molecule has 4 rings (SSSR count). The minimum atomic E-state index is 0.153. The van der Waals surface area contributed by atoms with Gasteiger partial charge in [-0.05, 0) is 61.6 Å². The van der Waals surface area contributed by atoms with Crippen molar-refractivity contribution < 1.29 is 9.53 Å². The Kier molecular flexibility index (Phi) is 7.09.